The van der Waals surface area contributed by atoms with Gasteiger partial charge in [-0.2, -0.15) is 0 Å². The molecule has 1 unspecified atom stereocenters. The Labute approximate surface area is 261 Å². The number of nitrogens with zero attached hydrogens (tertiary/aromatic N) is 2. The van der Waals surface area contributed by atoms with Crippen molar-refractivity contribution in [3.63, 3.8) is 0 Å². The highest BCUT2D eigenvalue weighted by Gasteiger charge is 2.35. The van der Waals surface area contributed by atoms with Crippen LogP contribution in [0.15, 0.2) is 108 Å². The molecule has 0 spiro atoms. The van der Waals surface area contributed by atoms with E-state index in [2.05, 4.69) is 5.32 Å². The molecule has 0 saturated heterocycles. The molecular formula is C36H41N3O4S. The second-order valence-electron chi connectivity index (χ2n) is 11.4. The molecule has 2 amide bonds. The van der Waals surface area contributed by atoms with E-state index in [0.29, 0.717) is 5.69 Å². The summed E-state index contributed by atoms with van der Waals surface area (Å²) < 4.78 is 29.4. The molecule has 4 rings (SSSR count). The Morgan fingerprint density at radius 2 is 1.36 bits per heavy atom. The number of aryl methyl sites for hydroxylation is 3. The zero-order valence-electron chi connectivity index (χ0n) is 26.0. The van der Waals surface area contributed by atoms with Gasteiger partial charge in [0.2, 0.25) is 11.8 Å². The van der Waals surface area contributed by atoms with Crippen LogP contribution in [0.4, 0.5) is 5.69 Å². The predicted octanol–water partition coefficient (Wildman–Crippen LogP) is 5.97. The number of hydrogen-bond acceptors (Lipinski definition) is 4. The fourth-order valence-electron chi connectivity index (χ4n) is 5.03. The molecule has 230 valence electrons. The second kappa shape index (κ2) is 14.4. The first kappa shape index (κ1) is 32.5. The number of sulfonamides is 1. The molecule has 4 aromatic carbocycles. The van der Waals surface area contributed by atoms with E-state index in [1.165, 1.54) is 17.0 Å². The van der Waals surface area contributed by atoms with E-state index >= 15 is 0 Å². The topological polar surface area (TPSA) is 86.8 Å². The van der Waals surface area contributed by atoms with Crippen molar-refractivity contribution in [2.45, 2.75) is 64.6 Å². The van der Waals surface area contributed by atoms with E-state index < -0.39 is 28.5 Å². The third-order valence-electron chi connectivity index (χ3n) is 7.69. The van der Waals surface area contributed by atoms with Crippen LogP contribution in [0.1, 0.15) is 41.7 Å². The van der Waals surface area contributed by atoms with Gasteiger partial charge < -0.3 is 10.2 Å². The summed E-state index contributed by atoms with van der Waals surface area (Å²) in [6.45, 7) is 9.22. The average molecular weight is 612 g/mol. The molecule has 0 saturated carbocycles. The van der Waals surface area contributed by atoms with Crippen LogP contribution in [0.3, 0.4) is 0 Å². The average Bonchev–Trinajstić information content (AvgIpc) is 3.00. The molecule has 7 nitrogen and oxygen atoms in total. The fraction of sp³-hybridized carbons (Fsp3) is 0.278. The Hall–Kier alpha value is -4.43. The van der Waals surface area contributed by atoms with Crippen LogP contribution in [0.25, 0.3) is 0 Å². The maximum Gasteiger partial charge on any atom is 0.264 e. The number of carbonyl (C=O) groups excluding carboxylic acids is 2. The summed E-state index contributed by atoms with van der Waals surface area (Å²) in [5, 5.41) is 2.99. The molecule has 0 aliphatic rings. The minimum Gasteiger partial charge on any atom is -0.352 e. The van der Waals surface area contributed by atoms with E-state index in [1.54, 1.807) is 30.3 Å². The Kier molecular flexibility index (Phi) is 10.6. The van der Waals surface area contributed by atoms with Gasteiger partial charge in [-0.1, -0.05) is 78.9 Å². The van der Waals surface area contributed by atoms with Crippen molar-refractivity contribution < 1.29 is 18.0 Å². The van der Waals surface area contributed by atoms with Crippen molar-refractivity contribution in [3.05, 3.63) is 131 Å². The Morgan fingerprint density at radius 1 is 0.750 bits per heavy atom. The van der Waals surface area contributed by atoms with Crippen molar-refractivity contribution in [1.82, 2.24) is 10.2 Å². The smallest absolute Gasteiger partial charge is 0.264 e. The van der Waals surface area contributed by atoms with E-state index in [4.69, 9.17) is 0 Å². The van der Waals surface area contributed by atoms with Gasteiger partial charge in [-0.15, -0.1) is 0 Å². The number of anilines is 1. The first-order valence-electron chi connectivity index (χ1n) is 14.8. The molecule has 0 bridgehead atoms. The number of rotatable bonds is 12. The van der Waals surface area contributed by atoms with Gasteiger partial charge in [-0.05, 0) is 86.7 Å². The summed E-state index contributed by atoms with van der Waals surface area (Å²) in [6, 6.07) is 29.7. The van der Waals surface area contributed by atoms with Crippen molar-refractivity contribution in [2.24, 2.45) is 0 Å². The molecule has 1 atom stereocenters. The lowest BCUT2D eigenvalue weighted by Crippen LogP contribution is -2.54. The molecule has 0 fully saturated rings. The van der Waals surface area contributed by atoms with Crippen LogP contribution in [0.5, 0.6) is 0 Å². The van der Waals surface area contributed by atoms with E-state index in [1.807, 2.05) is 95.3 Å². The lowest BCUT2D eigenvalue weighted by Gasteiger charge is -2.34. The number of nitrogens with one attached hydrogen (secondary N) is 1. The highest BCUT2D eigenvalue weighted by Crippen LogP contribution is 2.27. The number of amides is 2. The second-order valence-corrected chi connectivity index (χ2v) is 13.3. The SMILES string of the molecule is Cc1ccc(N(CC(=O)N(Cc2ccccc2C)C(Cc2ccccc2)C(=O)NC(C)C)S(=O)(=O)c2ccccc2)cc1C. The fourth-order valence-corrected chi connectivity index (χ4v) is 6.46. The normalized spacial score (nSPS) is 12.0. The number of carbonyl (C=O) groups is 2. The van der Waals surface area contributed by atoms with Crippen molar-refractivity contribution in [1.29, 1.82) is 0 Å². The molecule has 0 aliphatic heterocycles. The third kappa shape index (κ3) is 7.94. The van der Waals surface area contributed by atoms with Gasteiger partial charge in [0.1, 0.15) is 12.6 Å². The summed E-state index contributed by atoms with van der Waals surface area (Å²) >= 11 is 0. The minimum atomic E-state index is -4.13. The molecule has 0 aliphatic carbocycles. The van der Waals surface area contributed by atoms with Crippen LogP contribution >= 0.6 is 0 Å². The summed E-state index contributed by atoms with van der Waals surface area (Å²) in [5.41, 5.74) is 5.02. The van der Waals surface area contributed by atoms with E-state index in [-0.39, 0.29) is 29.8 Å². The molecule has 4 aromatic rings. The molecule has 44 heavy (non-hydrogen) atoms. The zero-order chi connectivity index (χ0) is 31.9. The van der Waals surface area contributed by atoms with Crippen molar-refractivity contribution in [2.75, 3.05) is 10.8 Å². The van der Waals surface area contributed by atoms with Gasteiger partial charge in [0.05, 0.1) is 10.6 Å². The lowest BCUT2D eigenvalue weighted by atomic mass is 10.0. The summed E-state index contributed by atoms with van der Waals surface area (Å²) in [5.74, 6) is -0.778. The summed E-state index contributed by atoms with van der Waals surface area (Å²) in [4.78, 5) is 29.9. The first-order chi connectivity index (χ1) is 21.0. The maximum atomic E-state index is 14.5. The quantitative estimate of drug-likeness (QED) is 0.214. The molecule has 8 heteroatoms. The standard InChI is InChI=1S/C36H41N3O4S/c1-26(2)37-36(41)34(23-30-15-8-6-9-16-30)38(24-31-17-13-12-14-28(31)4)35(40)25-39(32-21-20-27(3)29(5)22-32)44(42,43)33-18-10-7-11-19-33/h6-22,26,34H,23-25H2,1-5H3,(H,37,41). The van der Waals surface area contributed by atoms with Crippen LogP contribution in [0, 0.1) is 20.8 Å². The number of benzene rings is 4. The van der Waals surface area contributed by atoms with Crippen molar-refractivity contribution >= 4 is 27.5 Å². The van der Waals surface area contributed by atoms with Gasteiger partial charge >= 0.3 is 0 Å². The summed E-state index contributed by atoms with van der Waals surface area (Å²) in [7, 11) is -4.13. The van der Waals surface area contributed by atoms with Gasteiger partial charge in [-0.25, -0.2) is 8.42 Å². The lowest BCUT2D eigenvalue weighted by molar-refractivity contribution is -0.140. The highest BCUT2D eigenvalue weighted by molar-refractivity contribution is 7.92. The predicted molar refractivity (Wildman–Crippen MR) is 176 cm³/mol. The molecule has 0 heterocycles. The monoisotopic (exact) mass is 611 g/mol. The van der Waals surface area contributed by atoms with E-state index in [9.17, 15) is 18.0 Å². The largest absolute Gasteiger partial charge is 0.352 e. The Bertz CT molecular complexity index is 1690. The summed E-state index contributed by atoms with van der Waals surface area (Å²) in [6.07, 6.45) is 0.270. The van der Waals surface area contributed by atoms with Gasteiger partial charge in [0, 0.05) is 19.0 Å². The van der Waals surface area contributed by atoms with E-state index in [0.717, 1.165) is 32.1 Å². The van der Waals surface area contributed by atoms with Gasteiger partial charge in [0.25, 0.3) is 10.0 Å². The molecule has 0 radical (unpaired) electrons. The zero-order valence-corrected chi connectivity index (χ0v) is 26.8. The highest BCUT2D eigenvalue weighted by atomic mass is 32.2. The molecular weight excluding hydrogens is 570 g/mol. The Morgan fingerprint density at radius 3 is 1.98 bits per heavy atom. The minimum absolute atomic E-state index is 0.0786. The Balaban J connectivity index is 1.82. The first-order valence-corrected chi connectivity index (χ1v) is 16.2. The van der Waals surface area contributed by atoms with Gasteiger partial charge in [0.15, 0.2) is 0 Å². The molecule has 1 N–H and O–H groups in total. The van der Waals surface area contributed by atoms with Crippen LogP contribution < -0.4 is 9.62 Å². The number of hydrogen-bond donors (Lipinski definition) is 1. The van der Waals surface area contributed by atoms with Crippen molar-refractivity contribution in [3.8, 4) is 0 Å². The van der Waals surface area contributed by atoms with Crippen LogP contribution in [-0.2, 0) is 32.6 Å². The van der Waals surface area contributed by atoms with Crippen LogP contribution in [0.2, 0.25) is 0 Å². The molecule has 0 aromatic heterocycles. The third-order valence-corrected chi connectivity index (χ3v) is 9.48. The maximum absolute atomic E-state index is 14.5. The van der Waals surface area contributed by atoms with Gasteiger partial charge in [-0.3, -0.25) is 13.9 Å². The van der Waals surface area contributed by atoms with Crippen LogP contribution in [-0.4, -0.2) is 43.8 Å².